The molecule has 0 saturated carbocycles. The van der Waals surface area contributed by atoms with Crippen LogP contribution in [0.4, 0.5) is 5.69 Å². The number of methoxy groups -OCH3 is 1. The van der Waals surface area contributed by atoms with E-state index in [4.69, 9.17) is 13.8 Å². The van der Waals surface area contributed by atoms with Crippen molar-refractivity contribution in [1.29, 1.82) is 0 Å². The average molecular weight is 500 g/mol. The van der Waals surface area contributed by atoms with Gasteiger partial charge in [-0.25, -0.2) is 0 Å². The van der Waals surface area contributed by atoms with Crippen molar-refractivity contribution in [2.75, 3.05) is 18.6 Å². The largest absolute Gasteiger partial charge is 0.497 e. The van der Waals surface area contributed by atoms with Crippen molar-refractivity contribution >= 4 is 13.3 Å². The first-order chi connectivity index (χ1) is 17.7. The van der Waals surface area contributed by atoms with Gasteiger partial charge in [0.15, 0.2) is 5.78 Å². The third kappa shape index (κ3) is 5.39. The van der Waals surface area contributed by atoms with Crippen LogP contribution in [-0.4, -0.2) is 13.7 Å². The van der Waals surface area contributed by atoms with Gasteiger partial charge in [-0.3, -0.25) is 4.57 Å². The molecule has 0 N–H and O–H groups in total. The molecule has 0 aliphatic carbocycles. The van der Waals surface area contributed by atoms with Crippen LogP contribution in [0.5, 0.6) is 5.75 Å². The highest BCUT2D eigenvalue weighted by molar-refractivity contribution is 7.54. The first-order valence-electron chi connectivity index (χ1n) is 12.1. The highest BCUT2D eigenvalue weighted by Gasteiger charge is 2.44. The Morgan fingerprint density at radius 2 is 1.31 bits per heavy atom. The van der Waals surface area contributed by atoms with Crippen LogP contribution in [0.2, 0.25) is 0 Å². The molecule has 1 heterocycles. The number of fused-ring (bicyclic) bond motifs is 1. The smallest absolute Gasteiger partial charge is 0.358 e. The van der Waals surface area contributed by atoms with Crippen molar-refractivity contribution in [1.82, 2.24) is 0 Å². The number of hydrogen-bond acceptors (Lipinski definition) is 5. The number of rotatable bonds is 9. The van der Waals surface area contributed by atoms with E-state index in [1.807, 2.05) is 103 Å². The molecule has 1 aliphatic rings. The fourth-order valence-electron chi connectivity index (χ4n) is 4.59. The van der Waals surface area contributed by atoms with Crippen molar-refractivity contribution in [2.45, 2.75) is 25.4 Å². The van der Waals surface area contributed by atoms with Gasteiger partial charge in [0, 0.05) is 12.2 Å². The summed E-state index contributed by atoms with van der Waals surface area (Å²) < 4.78 is 32.8. The highest BCUT2D eigenvalue weighted by atomic mass is 31.2. The summed E-state index contributed by atoms with van der Waals surface area (Å²) in [5, 5.41) is 0. The molecule has 0 fully saturated rings. The highest BCUT2D eigenvalue weighted by Crippen LogP contribution is 2.65. The van der Waals surface area contributed by atoms with Crippen LogP contribution in [0.15, 0.2) is 109 Å². The Hall–Kier alpha value is -3.37. The van der Waals surface area contributed by atoms with E-state index in [1.165, 1.54) is 5.56 Å². The van der Waals surface area contributed by atoms with E-state index in [2.05, 4.69) is 11.0 Å². The van der Waals surface area contributed by atoms with Gasteiger partial charge in [0.1, 0.15) is 5.75 Å². The quantitative estimate of drug-likeness (QED) is 0.225. The Morgan fingerprint density at radius 1 is 0.750 bits per heavy atom. The maximum atomic E-state index is 14.9. The van der Waals surface area contributed by atoms with Gasteiger partial charge in [-0.2, -0.15) is 0 Å². The van der Waals surface area contributed by atoms with E-state index < -0.39 is 13.4 Å². The summed E-state index contributed by atoms with van der Waals surface area (Å²) in [4.78, 5) is 2.15. The second-order valence-electron chi connectivity index (χ2n) is 8.77. The fraction of sp³-hybridized carbons (Fsp3) is 0.200. The van der Waals surface area contributed by atoms with Crippen LogP contribution in [-0.2, 0) is 33.2 Å². The molecule has 4 aromatic rings. The van der Waals surface area contributed by atoms with Gasteiger partial charge in [0.05, 0.1) is 20.3 Å². The van der Waals surface area contributed by atoms with Crippen LogP contribution in [0.25, 0.3) is 0 Å². The summed E-state index contributed by atoms with van der Waals surface area (Å²) in [6.45, 7) is 1.09. The SMILES string of the molecule is COc1ccc(N2CCc3ccccc3C2P(=O)(OCc2ccccc2)OCc2ccccc2)cc1. The zero-order valence-electron chi connectivity index (χ0n) is 20.3. The first-order valence-corrected chi connectivity index (χ1v) is 13.7. The molecule has 5 rings (SSSR count). The monoisotopic (exact) mass is 499 g/mol. The summed E-state index contributed by atoms with van der Waals surface area (Å²) in [5.74, 6) is 0.194. The average Bonchev–Trinajstić information content (AvgIpc) is 2.95. The Labute approximate surface area is 212 Å². The summed E-state index contributed by atoms with van der Waals surface area (Å²) in [7, 11) is -2.05. The number of nitrogens with zero attached hydrogens (tertiary/aromatic N) is 1. The maximum absolute atomic E-state index is 14.9. The predicted molar refractivity (Wildman–Crippen MR) is 143 cm³/mol. The minimum atomic E-state index is -3.70. The summed E-state index contributed by atoms with van der Waals surface area (Å²) in [6.07, 6.45) is 0.843. The molecular formula is C30H30NO4P. The zero-order valence-corrected chi connectivity index (χ0v) is 21.2. The Balaban J connectivity index is 1.55. The van der Waals surface area contributed by atoms with E-state index in [1.54, 1.807) is 7.11 Å². The lowest BCUT2D eigenvalue weighted by Gasteiger charge is -2.41. The first kappa shape index (κ1) is 24.3. The Morgan fingerprint density at radius 3 is 1.89 bits per heavy atom. The lowest BCUT2D eigenvalue weighted by atomic mass is 9.99. The van der Waals surface area contributed by atoms with Crippen molar-refractivity contribution in [3.8, 4) is 5.75 Å². The molecule has 1 aliphatic heterocycles. The molecule has 4 aromatic carbocycles. The summed E-state index contributed by atoms with van der Waals surface area (Å²) >= 11 is 0. The van der Waals surface area contributed by atoms with Crippen molar-refractivity contribution < 1.29 is 18.3 Å². The van der Waals surface area contributed by atoms with Crippen LogP contribution in [0.3, 0.4) is 0 Å². The van der Waals surface area contributed by atoms with Gasteiger partial charge >= 0.3 is 7.60 Å². The topological polar surface area (TPSA) is 48.0 Å². The lowest BCUT2D eigenvalue weighted by molar-refractivity contribution is 0.182. The van der Waals surface area contributed by atoms with Crippen LogP contribution >= 0.6 is 7.60 Å². The molecule has 0 saturated heterocycles. The van der Waals surface area contributed by atoms with E-state index >= 15 is 0 Å². The molecule has 36 heavy (non-hydrogen) atoms. The molecule has 0 aromatic heterocycles. The van der Waals surface area contributed by atoms with E-state index in [0.717, 1.165) is 34.5 Å². The molecule has 0 bridgehead atoms. The summed E-state index contributed by atoms with van der Waals surface area (Å²) in [6, 6.07) is 35.6. The lowest BCUT2D eigenvalue weighted by Crippen LogP contribution is -2.36. The third-order valence-electron chi connectivity index (χ3n) is 6.46. The van der Waals surface area contributed by atoms with Crippen molar-refractivity contribution in [3.05, 3.63) is 131 Å². The molecule has 1 unspecified atom stereocenters. The van der Waals surface area contributed by atoms with Crippen LogP contribution in [0, 0.1) is 0 Å². The van der Waals surface area contributed by atoms with Gasteiger partial charge in [-0.15, -0.1) is 0 Å². The van der Waals surface area contributed by atoms with Gasteiger partial charge < -0.3 is 18.7 Å². The standard InChI is InChI=1S/C30H30NO4P/c1-33-28-18-16-27(17-19-28)31-21-20-26-14-8-9-15-29(26)30(31)36(32,34-22-24-10-4-2-5-11-24)35-23-25-12-6-3-7-13-25/h2-19,30H,20-23H2,1H3. The van der Waals surface area contributed by atoms with E-state index in [0.29, 0.717) is 6.54 Å². The zero-order chi connectivity index (χ0) is 24.8. The number of anilines is 1. The number of ether oxygens (including phenoxy) is 1. The predicted octanol–water partition coefficient (Wildman–Crippen LogP) is 7.38. The maximum Gasteiger partial charge on any atom is 0.358 e. The van der Waals surface area contributed by atoms with E-state index in [9.17, 15) is 4.57 Å². The molecule has 0 radical (unpaired) electrons. The minimum Gasteiger partial charge on any atom is -0.497 e. The van der Waals surface area contributed by atoms with Gasteiger partial charge in [0.2, 0.25) is 0 Å². The molecule has 1 atom stereocenters. The number of benzene rings is 4. The normalized spacial score (nSPS) is 15.4. The van der Waals surface area contributed by atoms with Crippen molar-refractivity contribution in [2.24, 2.45) is 0 Å². The molecular weight excluding hydrogens is 469 g/mol. The van der Waals surface area contributed by atoms with Crippen LogP contribution < -0.4 is 9.64 Å². The third-order valence-corrected chi connectivity index (χ3v) is 8.60. The summed E-state index contributed by atoms with van der Waals surface area (Å²) in [5.41, 5.74) is 4.98. The molecule has 6 heteroatoms. The molecule has 0 spiro atoms. The fourth-order valence-corrected chi connectivity index (χ4v) is 6.78. The Bertz CT molecular complexity index is 1260. The molecule has 0 amide bonds. The second kappa shape index (κ2) is 11.1. The van der Waals surface area contributed by atoms with Gasteiger partial charge in [0.25, 0.3) is 0 Å². The Kier molecular flexibility index (Phi) is 7.52. The molecule has 5 nitrogen and oxygen atoms in total. The van der Waals surface area contributed by atoms with Crippen molar-refractivity contribution in [3.63, 3.8) is 0 Å². The second-order valence-corrected chi connectivity index (χ2v) is 10.9. The van der Waals surface area contributed by atoms with Gasteiger partial charge in [-0.1, -0.05) is 84.9 Å². The van der Waals surface area contributed by atoms with Gasteiger partial charge in [-0.05, 0) is 52.9 Å². The van der Waals surface area contributed by atoms with E-state index in [-0.39, 0.29) is 13.2 Å². The minimum absolute atomic E-state index is 0.196. The molecule has 184 valence electrons. The van der Waals surface area contributed by atoms with Crippen LogP contribution in [0.1, 0.15) is 28.0 Å². The number of hydrogen-bond donors (Lipinski definition) is 0.